The Morgan fingerprint density at radius 1 is 1.12 bits per heavy atom. The molecule has 1 heterocycles. The number of aryl methyl sites for hydroxylation is 2. The minimum absolute atomic E-state index is 0.0738. The van der Waals surface area contributed by atoms with Gasteiger partial charge in [0.1, 0.15) is 0 Å². The molecule has 1 aliphatic carbocycles. The molecule has 1 atom stereocenters. The van der Waals surface area contributed by atoms with Crippen molar-refractivity contribution in [3.63, 3.8) is 0 Å². The average Bonchev–Trinajstić information content (AvgIpc) is 2.93. The molecule has 0 aromatic heterocycles. The zero-order valence-electron chi connectivity index (χ0n) is 16.1. The Morgan fingerprint density at radius 3 is 2.73 bits per heavy atom. The zero-order valence-corrected chi connectivity index (χ0v) is 16.1. The molecule has 1 N–H and O–H groups in total. The lowest BCUT2D eigenvalue weighted by atomic mass is 10.1. The van der Waals surface area contributed by atoms with Gasteiger partial charge in [0, 0.05) is 37.7 Å². The number of nitrogens with zero attached hydrogens (tertiary/aromatic N) is 2. The van der Waals surface area contributed by atoms with Gasteiger partial charge in [-0.15, -0.1) is 0 Å². The molecular weight excluding hydrogens is 326 g/mol. The van der Waals surface area contributed by atoms with Crippen molar-refractivity contribution >= 4 is 17.5 Å². The first-order valence-corrected chi connectivity index (χ1v) is 9.89. The SMILES string of the molecule is CN(C)[C@H]1CCCCN(C(=O)CCC(=O)Nc2ccc3c(c2)CCC3)C1. The molecule has 0 radical (unpaired) electrons. The normalized spacial score (nSPS) is 20.0. The van der Waals surface area contributed by atoms with E-state index in [4.69, 9.17) is 0 Å². The van der Waals surface area contributed by atoms with Crippen molar-refractivity contribution in [1.82, 2.24) is 9.80 Å². The van der Waals surface area contributed by atoms with Crippen molar-refractivity contribution in [2.45, 2.75) is 57.4 Å². The third-order valence-corrected chi connectivity index (χ3v) is 5.68. The number of hydrogen-bond acceptors (Lipinski definition) is 3. The van der Waals surface area contributed by atoms with E-state index in [1.807, 2.05) is 11.0 Å². The number of hydrogen-bond donors (Lipinski definition) is 1. The van der Waals surface area contributed by atoms with E-state index < -0.39 is 0 Å². The summed E-state index contributed by atoms with van der Waals surface area (Å²) >= 11 is 0. The van der Waals surface area contributed by atoms with Crippen molar-refractivity contribution in [3.05, 3.63) is 29.3 Å². The zero-order chi connectivity index (χ0) is 18.5. The maximum absolute atomic E-state index is 12.6. The lowest BCUT2D eigenvalue weighted by Crippen LogP contribution is -2.42. The van der Waals surface area contributed by atoms with E-state index in [1.54, 1.807) is 0 Å². The smallest absolute Gasteiger partial charge is 0.224 e. The van der Waals surface area contributed by atoms with E-state index in [-0.39, 0.29) is 24.7 Å². The topological polar surface area (TPSA) is 52.7 Å². The molecule has 1 fully saturated rings. The number of carbonyl (C=O) groups is 2. The van der Waals surface area contributed by atoms with Gasteiger partial charge in [-0.1, -0.05) is 12.5 Å². The second-order valence-corrected chi connectivity index (χ2v) is 7.84. The van der Waals surface area contributed by atoms with Gasteiger partial charge in [0.05, 0.1) is 0 Å². The lowest BCUT2D eigenvalue weighted by molar-refractivity contribution is -0.133. The second kappa shape index (κ2) is 8.67. The van der Waals surface area contributed by atoms with Crippen LogP contribution in [-0.2, 0) is 22.4 Å². The summed E-state index contributed by atoms with van der Waals surface area (Å²) < 4.78 is 0. The first-order valence-electron chi connectivity index (χ1n) is 9.89. The van der Waals surface area contributed by atoms with Gasteiger partial charge in [-0.05, 0) is 69.5 Å². The Morgan fingerprint density at radius 2 is 1.92 bits per heavy atom. The third kappa shape index (κ3) is 4.85. The minimum Gasteiger partial charge on any atom is -0.341 e. The highest BCUT2D eigenvalue weighted by Crippen LogP contribution is 2.25. The fraction of sp³-hybridized carbons (Fsp3) is 0.619. The largest absolute Gasteiger partial charge is 0.341 e. The van der Waals surface area contributed by atoms with Crippen LogP contribution >= 0.6 is 0 Å². The van der Waals surface area contributed by atoms with Gasteiger partial charge in [0.2, 0.25) is 11.8 Å². The molecule has 5 heteroatoms. The number of amides is 2. The number of rotatable bonds is 5. The Labute approximate surface area is 156 Å². The summed E-state index contributed by atoms with van der Waals surface area (Å²) in [6.45, 7) is 1.59. The Balaban J connectivity index is 1.48. The summed E-state index contributed by atoms with van der Waals surface area (Å²) in [4.78, 5) is 29.0. The number of nitrogens with one attached hydrogen (secondary N) is 1. The van der Waals surface area contributed by atoms with Crippen molar-refractivity contribution in [1.29, 1.82) is 0 Å². The first kappa shape index (κ1) is 18.9. The summed E-state index contributed by atoms with van der Waals surface area (Å²) in [5, 5.41) is 2.95. The number of likely N-dealkylation sites (N-methyl/N-ethyl adjacent to an activating group) is 1. The molecule has 1 aromatic carbocycles. The van der Waals surface area contributed by atoms with E-state index in [0.717, 1.165) is 50.9 Å². The standard InChI is InChI=1S/C21H31N3O2/c1-23(2)19-8-3-4-13-24(15-19)21(26)12-11-20(25)22-18-10-9-16-6-5-7-17(16)14-18/h9-10,14,19H,3-8,11-13,15H2,1-2H3,(H,22,25)/t19-/m0/s1. The third-order valence-electron chi connectivity index (χ3n) is 5.68. The van der Waals surface area contributed by atoms with Gasteiger partial charge in [-0.3, -0.25) is 9.59 Å². The van der Waals surface area contributed by atoms with Crippen LogP contribution in [0.1, 0.15) is 49.7 Å². The van der Waals surface area contributed by atoms with E-state index in [9.17, 15) is 9.59 Å². The molecule has 5 nitrogen and oxygen atoms in total. The average molecular weight is 357 g/mol. The summed E-state index contributed by atoms with van der Waals surface area (Å²) in [5.74, 6) is 0.0260. The molecule has 26 heavy (non-hydrogen) atoms. The van der Waals surface area contributed by atoms with Crippen LogP contribution < -0.4 is 5.32 Å². The summed E-state index contributed by atoms with van der Waals surface area (Å²) in [5.41, 5.74) is 3.60. The van der Waals surface area contributed by atoms with E-state index in [0.29, 0.717) is 6.04 Å². The second-order valence-electron chi connectivity index (χ2n) is 7.84. The molecule has 2 amide bonds. The van der Waals surface area contributed by atoms with Crippen molar-refractivity contribution < 1.29 is 9.59 Å². The molecule has 1 aliphatic heterocycles. The summed E-state index contributed by atoms with van der Waals surface area (Å²) in [6, 6.07) is 6.59. The predicted molar refractivity (Wildman–Crippen MR) is 104 cm³/mol. The van der Waals surface area contributed by atoms with Gasteiger partial charge in [-0.2, -0.15) is 0 Å². The lowest BCUT2D eigenvalue weighted by Gasteiger charge is -2.28. The van der Waals surface area contributed by atoms with Crippen molar-refractivity contribution in [2.75, 3.05) is 32.5 Å². The number of likely N-dealkylation sites (tertiary alicyclic amines) is 1. The minimum atomic E-state index is -0.0738. The van der Waals surface area contributed by atoms with Gasteiger partial charge in [0.25, 0.3) is 0 Å². The van der Waals surface area contributed by atoms with Crippen LogP contribution in [0.15, 0.2) is 18.2 Å². The van der Waals surface area contributed by atoms with Gasteiger partial charge in [-0.25, -0.2) is 0 Å². The molecule has 0 unspecified atom stereocenters. The van der Waals surface area contributed by atoms with Gasteiger partial charge in [0.15, 0.2) is 0 Å². The first-order chi connectivity index (χ1) is 12.5. The monoisotopic (exact) mass is 357 g/mol. The fourth-order valence-corrected chi connectivity index (χ4v) is 4.02. The molecule has 3 rings (SSSR count). The van der Waals surface area contributed by atoms with Crippen molar-refractivity contribution in [3.8, 4) is 0 Å². The van der Waals surface area contributed by atoms with E-state index in [2.05, 4.69) is 36.4 Å². The molecule has 1 saturated heterocycles. The van der Waals surface area contributed by atoms with Crippen LogP contribution in [0, 0.1) is 0 Å². The van der Waals surface area contributed by atoms with Gasteiger partial charge >= 0.3 is 0 Å². The fourth-order valence-electron chi connectivity index (χ4n) is 4.02. The van der Waals surface area contributed by atoms with E-state index in [1.165, 1.54) is 17.5 Å². The molecule has 0 spiro atoms. The van der Waals surface area contributed by atoms with Gasteiger partial charge < -0.3 is 15.1 Å². The number of benzene rings is 1. The van der Waals surface area contributed by atoms with Crippen LogP contribution in [0.4, 0.5) is 5.69 Å². The maximum Gasteiger partial charge on any atom is 0.224 e. The molecule has 142 valence electrons. The number of anilines is 1. The maximum atomic E-state index is 12.6. The van der Waals surface area contributed by atoms with Crippen LogP contribution in [0.25, 0.3) is 0 Å². The van der Waals surface area contributed by atoms with Crippen LogP contribution in [-0.4, -0.2) is 54.8 Å². The highest BCUT2D eigenvalue weighted by atomic mass is 16.2. The highest BCUT2D eigenvalue weighted by molar-refractivity contribution is 5.93. The molecule has 2 aliphatic rings. The van der Waals surface area contributed by atoms with Crippen molar-refractivity contribution in [2.24, 2.45) is 0 Å². The Kier molecular flexibility index (Phi) is 6.30. The summed E-state index contributed by atoms with van der Waals surface area (Å²) in [6.07, 6.45) is 7.32. The Hall–Kier alpha value is -1.88. The molecular formula is C21H31N3O2. The van der Waals surface area contributed by atoms with Crippen LogP contribution in [0.3, 0.4) is 0 Å². The Bertz CT molecular complexity index is 657. The quantitative estimate of drug-likeness (QED) is 0.882. The molecule has 1 aromatic rings. The number of fused-ring (bicyclic) bond motifs is 1. The molecule has 0 bridgehead atoms. The number of carbonyl (C=O) groups excluding carboxylic acids is 2. The summed E-state index contributed by atoms with van der Waals surface area (Å²) in [7, 11) is 4.14. The predicted octanol–water partition coefficient (Wildman–Crippen LogP) is 2.84. The van der Waals surface area contributed by atoms with E-state index >= 15 is 0 Å². The molecule has 0 saturated carbocycles. The highest BCUT2D eigenvalue weighted by Gasteiger charge is 2.23. The van der Waals surface area contributed by atoms with Crippen LogP contribution in [0.5, 0.6) is 0 Å². The van der Waals surface area contributed by atoms with Crippen LogP contribution in [0.2, 0.25) is 0 Å².